The first-order valence-electron chi connectivity index (χ1n) is 9.23. The molecular formula is C18H34ClN. The van der Waals surface area contributed by atoms with Gasteiger partial charge < -0.3 is 0 Å². The van der Waals surface area contributed by atoms with Gasteiger partial charge in [-0.1, -0.05) is 51.4 Å². The largest absolute Gasteiger partial charge is 0.297 e. The van der Waals surface area contributed by atoms with Gasteiger partial charge in [0.1, 0.15) is 0 Å². The highest BCUT2D eigenvalue weighted by Gasteiger charge is 2.28. The Balaban J connectivity index is 1.78. The Morgan fingerprint density at radius 1 is 0.650 bits per heavy atom. The number of hydrogen-bond acceptors (Lipinski definition) is 1. The summed E-state index contributed by atoms with van der Waals surface area (Å²) in [5.74, 6) is 0.842. The van der Waals surface area contributed by atoms with Gasteiger partial charge in [-0.3, -0.25) is 4.90 Å². The van der Waals surface area contributed by atoms with E-state index in [9.17, 15) is 0 Å². The minimum Gasteiger partial charge on any atom is -0.297 e. The number of alkyl halides is 1. The van der Waals surface area contributed by atoms with Crippen LogP contribution in [0.2, 0.25) is 0 Å². The van der Waals surface area contributed by atoms with E-state index in [1.54, 1.807) is 0 Å². The average molecular weight is 300 g/mol. The van der Waals surface area contributed by atoms with Crippen molar-refractivity contribution in [2.75, 3.05) is 12.4 Å². The first-order valence-corrected chi connectivity index (χ1v) is 9.77. The molecule has 2 fully saturated rings. The van der Waals surface area contributed by atoms with Gasteiger partial charge in [-0.25, -0.2) is 0 Å². The minimum atomic E-state index is 0.842. The summed E-state index contributed by atoms with van der Waals surface area (Å²) in [7, 11) is 0. The van der Waals surface area contributed by atoms with Gasteiger partial charge in [0.25, 0.3) is 0 Å². The fourth-order valence-electron chi connectivity index (χ4n) is 4.23. The summed E-state index contributed by atoms with van der Waals surface area (Å²) < 4.78 is 0. The van der Waals surface area contributed by atoms with Crippen molar-refractivity contribution in [3.8, 4) is 0 Å². The molecular weight excluding hydrogens is 266 g/mol. The summed E-state index contributed by atoms with van der Waals surface area (Å²) in [5.41, 5.74) is 0. The molecule has 0 aliphatic heterocycles. The molecule has 0 radical (unpaired) electrons. The molecule has 0 aromatic carbocycles. The van der Waals surface area contributed by atoms with Crippen molar-refractivity contribution in [1.29, 1.82) is 0 Å². The predicted octanol–water partition coefficient (Wildman–Crippen LogP) is 5.75. The topological polar surface area (TPSA) is 3.24 Å². The van der Waals surface area contributed by atoms with E-state index in [-0.39, 0.29) is 0 Å². The Kier molecular flexibility index (Phi) is 8.36. The van der Waals surface area contributed by atoms with E-state index in [1.165, 1.54) is 96.4 Å². The molecule has 2 aliphatic rings. The van der Waals surface area contributed by atoms with Crippen LogP contribution in [0.4, 0.5) is 0 Å². The summed E-state index contributed by atoms with van der Waals surface area (Å²) in [6.07, 6.45) is 20.0. The molecule has 2 aliphatic carbocycles. The maximum Gasteiger partial charge on any atom is 0.0223 e. The SMILES string of the molecule is ClCCCCCCN(C1CCCCC1)C1CCCCC1. The second kappa shape index (κ2) is 10.1. The van der Waals surface area contributed by atoms with E-state index in [2.05, 4.69) is 4.90 Å². The zero-order valence-corrected chi connectivity index (χ0v) is 14.0. The van der Waals surface area contributed by atoms with E-state index in [4.69, 9.17) is 11.6 Å². The quantitative estimate of drug-likeness (QED) is 0.407. The molecule has 2 rings (SSSR count). The average Bonchev–Trinajstić information content (AvgIpc) is 2.53. The number of rotatable bonds is 8. The van der Waals surface area contributed by atoms with Crippen LogP contribution in [0, 0.1) is 0 Å². The van der Waals surface area contributed by atoms with Crippen LogP contribution >= 0.6 is 11.6 Å². The lowest BCUT2D eigenvalue weighted by Crippen LogP contribution is -2.45. The molecule has 0 heterocycles. The van der Waals surface area contributed by atoms with Gasteiger partial charge in [-0.2, -0.15) is 0 Å². The third kappa shape index (κ3) is 5.56. The second-order valence-corrected chi connectivity index (χ2v) is 7.30. The molecule has 0 aromatic rings. The van der Waals surface area contributed by atoms with Crippen LogP contribution in [0.5, 0.6) is 0 Å². The van der Waals surface area contributed by atoms with Gasteiger partial charge in [0.2, 0.25) is 0 Å². The van der Waals surface area contributed by atoms with Crippen molar-refractivity contribution >= 4 is 11.6 Å². The molecule has 0 aromatic heterocycles. The zero-order valence-electron chi connectivity index (χ0n) is 13.3. The van der Waals surface area contributed by atoms with Crippen LogP contribution < -0.4 is 0 Å². The Labute approximate surface area is 131 Å². The van der Waals surface area contributed by atoms with E-state index in [1.807, 2.05) is 0 Å². The Morgan fingerprint density at radius 2 is 1.15 bits per heavy atom. The molecule has 2 saturated carbocycles. The van der Waals surface area contributed by atoms with Crippen molar-refractivity contribution in [1.82, 2.24) is 4.90 Å². The van der Waals surface area contributed by atoms with Crippen molar-refractivity contribution in [2.24, 2.45) is 0 Å². The smallest absolute Gasteiger partial charge is 0.0223 e. The third-order valence-corrected chi connectivity index (χ3v) is 5.65. The number of halogens is 1. The van der Waals surface area contributed by atoms with Crippen LogP contribution in [-0.2, 0) is 0 Å². The summed E-state index contributed by atoms with van der Waals surface area (Å²) in [6, 6.07) is 1.83. The fraction of sp³-hybridized carbons (Fsp3) is 1.00. The Hall–Kier alpha value is 0.250. The molecule has 1 nitrogen and oxygen atoms in total. The van der Waals surface area contributed by atoms with Crippen LogP contribution in [0.25, 0.3) is 0 Å². The first-order chi connectivity index (χ1) is 9.92. The van der Waals surface area contributed by atoms with Crippen molar-refractivity contribution < 1.29 is 0 Å². The molecule has 0 amide bonds. The van der Waals surface area contributed by atoms with Crippen molar-refractivity contribution in [3.05, 3.63) is 0 Å². The molecule has 0 N–H and O–H groups in total. The van der Waals surface area contributed by atoms with Crippen molar-refractivity contribution in [2.45, 2.75) is 102 Å². The Bertz CT molecular complexity index is 214. The molecule has 0 spiro atoms. The summed E-state index contributed by atoms with van der Waals surface area (Å²) in [6.45, 7) is 1.36. The summed E-state index contributed by atoms with van der Waals surface area (Å²) >= 11 is 5.78. The van der Waals surface area contributed by atoms with Crippen LogP contribution in [0.15, 0.2) is 0 Å². The van der Waals surface area contributed by atoms with Gasteiger partial charge >= 0.3 is 0 Å². The van der Waals surface area contributed by atoms with Crippen molar-refractivity contribution in [3.63, 3.8) is 0 Å². The van der Waals surface area contributed by atoms with Gasteiger partial charge in [0.05, 0.1) is 0 Å². The molecule has 2 heteroatoms. The van der Waals surface area contributed by atoms with Gasteiger partial charge in [0.15, 0.2) is 0 Å². The highest BCUT2D eigenvalue weighted by Crippen LogP contribution is 2.30. The molecule has 0 saturated heterocycles. The van der Waals surface area contributed by atoms with Crippen LogP contribution in [0.1, 0.15) is 89.9 Å². The minimum absolute atomic E-state index is 0.842. The van der Waals surface area contributed by atoms with E-state index in [0.717, 1.165) is 18.0 Å². The summed E-state index contributed by atoms with van der Waals surface area (Å²) in [5, 5.41) is 0. The molecule has 20 heavy (non-hydrogen) atoms. The number of unbranched alkanes of at least 4 members (excludes halogenated alkanes) is 3. The molecule has 0 bridgehead atoms. The second-order valence-electron chi connectivity index (χ2n) is 6.92. The van der Waals surface area contributed by atoms with Gasteiger partial charge in [-0.15, -0.1) is 11.6 Å². The fourth-order valence-corrected chi connectivity index (χ4v) is 4.42. The molecule has 0 unspecified atom stereocenters. The third-order valence-electron chi connectivity index (χ3n) is 5.39. The van der Waals surface area contributed by atoms with Gasteiger partial charge in [0, 0.05) is 18.0 Å². The van der Waals surface area contributed by atoms with E-state index < -0.39 is 0 Å². The number of hydrogen-bond donors (Lipinski definition) is 0. The van der Waals surface area contributed by atoms with Crippen LogP contribution in [0.3, 0.4) is 0 Å². The lowest BCUT2D eigenvalue weighted by molar-refractivity contribution is 0.0788. The monoisotopic (exact) mass is 299 g/mol. The lowest BCUT2D eigenvalue weighted by atomic mass is 9.88. The van der Waals surface area contributed by atoms with E-state index in [0.29, 0.717) is 0 Å². The zero-order chi connectivity index (χ0) is 14.0. The van der Waals surface area contributed by atoms with E-state index >= 15 is 0 Å². The molecule has 118 valence electrons. The maximum atomic E-state index is 5.78. The highest BCUT2D eigenvalue weighted by atomic mass is 35.5. The van der Waals surface area contributed by atoms with Gasteiger partial charge in [-0.05, 0) is 45.1 Å². The van der Waals surface area contributed by atoms with Crippen LogP contribution in [-0.4, -0.2) is 29.4 Å². The molecule has 0 atom stereocenters. The lowest BCUT2D eigenvalue weighted by Gasteiger charge is -2.41. The first kappa shape index (κ1) is 16.6. The summed E-state index contributed by atoms with van der Waals surface area (Å²) in [4.78, 5) is 2.94. The Morgan fingerprint density at radius 3 is 1.65 bits per heavy atom. The predicted molar refractivity (Wildman–Crippen MR) is 89.6 cm³/mol. The maximum absolute atomic E-state index is 5.78. The standard InChI is InChI=1S/C18H34ClN/c19-15-9-1-2-10-16-20(17-11-5-3-6-12-17)18-13-7-4-8-14-18/h17-18H,1-16H2. The number of nitrogens with zero attached hydrogens (tertiary/aromatic N) is 1. The normalized spacial score (nSPS) is 22.5. The highest BCUT2D eigenvalue weighted by molar-refractivity contribution is 6.17.